The topological polar surface area (TPSA) is 52.6 Å². The van der Waals surface area contributed by atoms with Crippen LogP contribution >= 0.6 is 0 Å². The summed E-state index contributed by atoms with van der Waals surface area (Å²) in [4.78, 5) is 25.2. The molecule has 0 atom stereocenters. The number of carbonyl (C=O) groups excluding carboxylic acids is 2. The highest BCUT2D eigenvalue weighted by molar-refractivity contribution is 6.15. The van der Waals surface area contributed by atoms with E-state index in [0.29, 0.717) is 33.8 Å². The van der Waals surface area contributed by atoms with Crippen molar-refractivity contribution in [3.63, 3.8) is 0 Å². The smallest absolute Gasteiger partial charge is 0.343 e. The van der Waals surface area contributed by atoms with Gasteiger partial charge in [-0.1, -0.05) is 30.3 Å². The van der Waals surface area contributed by atoms with Crippen LogP contribution in [0.15, 0.2) is 66.4 Å². The summed E-state index contributed by atoms with van der Waals surface area (Å²) < 4.78 is 24.7. The van der Waals surface area contributed by atoms with Crippen LogP contribution in [0.1, 0.15) is 37.4 Å². The first-order chi connectivity index (χ1) is 13.9. The van der Waals surface area contributed by atoms with E-state index in [1.807, 2.05) is 19.1 Å². The molecule has 0 saturated carbocycles. The van der Waals surface area contributed by atoms with Gasteiger partial charge in [0.15, 0.2) is 5.76 Å². The molecule has 0 saturated heterocycles. The third-order valence-corrected chi connectivity index (χ3v) is 4.75. The lowest BCUT2D eigenvalue weighted by molar-refractivity contribution is 0.0732. The summed E-state index contributed by atoms with van der Waals surface area (Å²) in [5.74, 6) is -0.431. The second kappa shape index (κ2) is 7.36. The fourth-order valence-corrected chi connectivity index (χ4v) is 3.18. The van der Waals surface area contributed by atoms with Crippen molar-refractivity contribution < 1.29 is 23.5 Å². The zero-order valence-electron chi connectivity index (χ0n) is 15.9. The molecule has 1 aliphatic rings. The number of ketones is 1. The Balaban J connectivity index is 1.63. The van der Waals surface area contributed by atoms with E-state index in [0.717, 1.165) is 5.56 Å². The minimum atomic E-state index is -0.481. The third kappa shape index (κ3) is 3.55. The zero-order valence-corrected chi connectivity index (χ0v) is 15.9. The number of halogens is 1. The number of allylic oxidation sites excluding steroid dienone is 1. The van der Waals surface area contributed by atoms with Crippen LogP contribution in [0.5, 0.6) is 11.5 Å². The van der Waals surface area contributed by atoms with Gasteiger partial charge in [-0.05, 0) is 61.4 Å². The van der Waals surface area contributed by atoms with E-state index in [1.165, 1.54) is 18.2 Å². The van der Waals surface area contributed by atoms with E-state index in [-0.39, 0.29) is 11.5 Å². The highest BCUT2D eigenvalue weighted by Gasteiger charge is 2.30. The monoisotopic (exact) mass is 388 g/mol. The Morgan fingerprint density at radius 2 is 1.83 bits per heavy atom. The van der Waals surface area contributed by atoms with Crippen LogP contribution in [0.4, 0.5) is 4.39 Å². The number of aryl methyl sites for hydroxylation is 1. The molecular formula is C24H17FO4. The third-order valence-electron chi connectivity index (χ3n) is 4.75. The van der Waals surface area contributed by atoms with Gasteiger partial charge < -0.3 is 9.47 Å². The molecule has 0 unspecified atom stereocenters. The molecule has 0 spiro atoms. The summed E-state index contributed by atoms with van der Waals surface area (Å²) in [5, 5.41) is 0. The number of ether oxygens (including phenoxy) is 2. The molecule has 5 heteroatoms. The van der Waals surface area contributed by atoms with E-state index >= 15 is 0 Å². The van der Waals surface area contributed by atoms with Crippen LogP contribution in [0.2, 0.25) is 0 Å². The van der Waals surface area contributed by atoms with E-state index in [2.05, 4.69) is 0 Å². The number of benzene rings is 3. The largest absolute Gasteiger partial charge is 0.452 e. The van der Waals surface area contributed by atoms with Gasteiger partial charge in [0.25, 0.3) is 0 Å². The van der Waals surface area contributed by atoms with Crippen molar-refractivity contribution in [2.24, 2.45) is 0 Å². The first-order valence-corrected chi connectivity index (χ1v) is 9.05. The molecule has 0 fully saturated rings. The maximum absolute atomic E-state index is 13.4. The quantitative estimate of drug-likeness (QED) is 0.348. The van der Waals surface area contributed by atoms with Gasteiger partial charge >= 0.3 is 5.97 Å². The molecule has 0 bridgehead atoms. The number of fused-ring (bicyclic) bond motifs is 1. The highest BCUT2D eigenvalue weighted by Crippen LogP contribution is 2.39. The van der Waals surface area contributed by atoms with Gasteiger partial charge in [0, 0.05) is 5.56 Å². The van der Waals surface area contributed by atoms with Gasteiger partial charge in [-0.3, -0.25) is 4.79 Å². The fourth-order valence-electron chi connectivity index (χ4n) is 3.18. The minimum Gasteiger partial charge on any atom is -0.452 e. The summed E-state index contributed by atoms with van der Waals surface area (Å²) >= 11 is 0. The van der Waals surface area contributed by atoms with Gasteiger partial charge in [0.05, 0.1) is 11.1 Å². The molecule has 1 heterocycles. The van der Waals surface area contributed by atoms with Crippen LogP contribution in [0.3, 0.4) is 0 Å². The van der Waals surface area contributed by atoms with Crippen molar-refractivity contribution in [3.8, 4) is 11.5 Å². The lowest BCUT2D eigenvalue weighted by Gasteiger charge is -2.11. The predicted molar refractivity (Wildman–Crippen MR) is 107 cm³/mol. The first kappa shape index (κ1) is 18.6. The van der Waals surface area contributed by atoms with Crippen LogP contribution < -0.4 is 9.47 Å². The Bertz CT molecular complexity index is 1180. The summed E-state index contributed by atoms with van der Waals surface area (Å²) in [7, 11) is 0. The molecule has 0 aromatic heterocycles. The summed E-state index contributed by atoms with van der Waals surface area (Å²) in [6.07, 6.45) is 1.49. The Labute approximate surface area is 167 Å². The molecular weight excluding hydrogens is 371 g/mol. The average Bonchev–Trinajstić information content (AvgIpc) is 3.01. The van der Waals surface area contributed by atoms with E-state index in [1.54, 1.807) is 43.3 Å². The SMILES string of the molecule is Cc1ccccc1C(=O)Oc1ccc2c(c1C)O/C(=C\c1cccc(F)c1)C2=O. The molecule has 4 rings (SSSR count). The van der Waals surface area contributed by atoms with Crippen LogP contribution in [-0.2, 0) is 0 Å². The molecule has 1 aliphatic heterocycles. The second-order valence-corrected chi connectivity index (χ2v) is 6.76. The predicted octanol–water partition coefficient (Wildman–Crippen LogP) is 5.28. The Morgan fingerprint density at radius 1 is 1.03 bits per heavy atom. The van der Waals surface area contributed by atoms with E-state index < -0.39 is 11.8 Å². The fraction of sp³-hybridized carbons (Fsp3) is 0.0833. The van der Waals surface area contributed by atoms with Crippen molar-refractivity contribution in [2.45, 2.75) is 13.8 Å². The van der Waals surface area contributed by atoms with Crippen LogP contribution in [0.25, 0.3) is 6.08 Å². The number of hydrogen-bond acceptors (Lipinski definition) is 4. The van der Waals surface area contributed by atoms with Crippen molar-refractivity contribution in [3.05, 3.63) is 100 Å². The van der Waals surface area contributed by atoms with Gasteiger partial charge in [-0.25, -0.2) is 9.18 Å². The zero-order chi connectivity index (χ0) is 20.5. The molecule has 0 N–H and O–H groups in total. The lowest BCUT2D eigenvalue weighted by Crippen LogP contribution is -2.11. The van der Waals surface area contributed by atoms with Crippen molar-refractivity contribution >= 4 is 17.8 Å². The van der Waals surface area contributed by atoms with E-state index in [4.69, 9.17) is 9.47 Å². The van der Waals surface area contributed by atoms with Gasteiger partial charge in [0.2, 0.25) is 5.78 Å². The summed E-state index contributed by atoms with van der Waals surface area (Å²) in [6, 6.07) is 16.2. The Kier molecular flexibility index (Phi) is 4.72. The molecule has 0 radical (unpaired) electrons. The maximum Gasteiger partial charge on any atom is 0.343 e. The molecule has 0 amide bonds. The van der Waals surface area contributed by atoms with Gasteiger partial charge in [-0.15, -0.1) is 0 Å². The Hall–Kier alpha value is -3.73. The number of hydrogen-bond donors (Lipinski definition) is 0. The number of rotatable bonds is 3. The molecule has 144 valence electrons. The molecule has 4 nitrogen and oxygen atoms in total. The highest BCUT2D eigenvalue weighted by atomic mass is 19.1. The average molecular weight is 388 g/mol. The first-order valence-electron chi connectivity index (χ1n) is 9.05. The molecule has 29 heavy (non-hydrogen) atoms. The minimum absolute atomic E-state index is 0.0936. The maximum atomic E-state index is 13.4. The van der Waals surface area contributed by atoms with Crippen molar-refractivity contribution in [1.29, 1.82) is 0 Å². The number of Topliss-reactive ketones (excluding diaryl/α,β-unsaturated/α-hetero) is 1. The summed E-state index contributed by atoms with van der Waals surface area (Å²) in [5.41, 5.74) is 2.71. The molecule has 0 aliphatic carbocycles. The molecule has 3 aromatic rings. The standard InChI is InChI=1S/C24H17FO4/c1-14-6-3-4-9-18(14)24(27)29-20-11-10-19-22(26)21(28-23(19)15(20)2)13-16-7-5-8-17(25)12-16/h3-13H,1-2H3/b21-13-. The van der Waals surface area contributed by atoms with Gasteiger partial charge in [0.1, 0.15) is 17.3 Å². The van der Waals surface area contributed by atoms with Crippen LogP contribution in [0, 0.1) is 19.7 Å². The lowest BCUT2D eigenvalue weighted by atomic mass is 10.1. The van der Waals surface area contributed by atoms with Crippen molar-refractivity contribution in [1.82, 2.24) is 0 Å². The van der Waals surface area contributed by atoms with Crippen LogP contribution in [-0.4, -0.2) is 11.8 Å². The van der Waals surface area contributed by atoms with Crippen molar-refractivity contribution in [2.75, 3.05) is 0 Å². The number of carbonyl (C=O) groups is 2. The Morgan fingerprint density at radius 3 is 2.59 bits per heavy atom. The second-order valence-electron chi connectivity index (χ2n) is 6.76. The molecule has 3 aromatic carbocycles. The van der Waals surface area contributed by atoms with Gasteiger partial charge in [-0.2, -0.15) is 0 Å². The summed E-state index contributed by atoms with van der Waals surface area (Å²) in [6.45, 7) is 3.55. The normalized spacial score (nSPS) is 13.9. The number of esters is 1. The van der Waals surface area contributed by atoms with E-state index in [9.17, 15) is 14.0 Å².